The van der Waals surface area contributed by atoms with Crippen LogP contribution in [-0.4, -0.2) is 11.3 Å². The maximum atomic E-state index is 2.57. The van der Waals surface area contributed by atoms with Crippen LogP contribution < -0.4 is 31.1 Å². The van der Waals surface area contributed by atoms with Crippen molar-refractivity contribution in [1.29, 1.82) is 0 Å². The highest BCUT2D eigenvalue weighted by atomic mass is 15.2. The van der Waals surface area contributed by atoms with E-state index in [4.69, 9.17) is 0 Å². The largest absolute Gasteiger partial charge is 0.311 e. The molecule has 0 unspecified atom stereocenters. The van der Waals surface area contributed by atoms with Crippen molar-refractivity contribution in [2.24, 2.45) is 0 Å². The third-order valence-corrected chi connectivity index (χ3v) is 15.5. The summed E-state index contributed by atoms with van der Waals surface area (Å²) in [4.78, 5) is 7.51. The lowest BCUT2D eigenvalue weighted by Crippen LogP contribution is -2.61. The average Bonchev–Trinajstić information content (AvgIpc) is 3.81. The van der Waals surface area contributed by atoms with Crippen LogP contribution >= 0.6 is 0 Å². The second-order valence-corrected chi connectivity index (χ2v) is 20.9. The summed E-state index contributed by atoms with van der Waals surface area (Å²) in [6.07, 6.45) is 0. The Labute approximate surface area is 439 Å². The quantitative estimate of drug-likeness (QED) is 0.141. The first-order valence-electron chi connectivity index (χ1n) is 26.1. The summed E-state index contributed by atoms with van der Waals surface area (Å²) in [5, 5.41) is 2.48. The summed E-state index contributed by atoms with van der Waals surface area (Å²) in [6.45, 7) is 6.89. The Bertz CT molecular complexity index is 4000. The van der Waals surface area contributed by atoms with Crippen molar-refractivity contribution in [3.8, 4) is 27.9 Å². The molecule has 0 spiro atoms. The van der Waals surface area contributed by atoms with Crippen LogP contribution in [0.3, 0.4) is 0 Å². The molecule has 0 radical (unpaired) electrons. The van der Waals surface area contributed by atoms with Gasteiger partial charge in [0.25, 0.3) is 6.71 Å². The molecule has 0 N–H and O–H groups in total. The Morgan fingerprint density at radius 2 is 0.867 bits per heavy atom. The van der Waals surface area contributed by atoms with Crippen LogP contribution in [0.1, 0.15) is 26.3 Å². The minimum Gasteiger partial charge on any atom is -0.311 e. The average molecular weight is 961 g/mol. The molecule has 1 aromatic heterocycles. The van der Waals surface area contributed by atoms with E-state index in [-0.39, 0.29) is 12.1 Å². The molecule has 12 aromatic rings. The maximum absolute atomic E-state index is 2.57. The zero-order valence-electron chi connectivity index (χ0n) is 42.3. The molecule has 0 amide bonds. The number of rotatable bonds is 8. The van der Waals surface area contributed by atoms with Gasteiger partial charge in [-0.3, -0.25) is 0 Å². The van der Waals surface area contributed by atoms with E-state index in [1.807, 2.05) is 0 Å². The molecule has 75 heavy (non-hydrogen) atoms. The van der Waals surface area contributed by atoms with Crippen LogP contribution in [0.2, 0.25) is 0 Å². The Morgan fingerprint density at radius 1 is 0.373 bits per heavy atom. The van der Waals surface area contributed by atoms with Crippen LogP contribution in [0.15, 0.2) is 267 Å². The number of nitrogens with zero attached hydrogens (tertiary/aromatic N) is 4. The summed E-state index contributed by atoms with van der Waals surface area (Å²) in [5.74, 6) is 0. The van der Waals surface area contributed by atoms with Crippen molar-refractivity contribution in [3.05, 3.63) is 272 Å². The van der Waals surface area contributed by atoms with E-state index in [0.29, 0.717) is 0 Å². The highest BCUT2D eigenvalue weighted by molar-refractivity contribution is 7.02. The van der Waals surface area contributed by atoms with E-state index in [9.17, 15) is 0 Å². The fraction of sp³-hybridized carbons (Fsp3) is 0.0571. The predicted molar refractivity (Wildman–Crippen MR) is 319 cm³/mol. The van der Waals surface area contributed by atoms with Crippen LogP contribution in [0, 0.1) is 0 Å². The lowest BCUT2D eigenvalue weighted by atomic mass is 9.33. The first kappa shape index (κ1) is 44.4. The predicted octanol–water partition coefficient (Wildman–Crippen LogP) is 17.0. The molecule has 14 rings (SSSR count). The number of hydrogen-bond donors (Lipinski definition) is 0. The molecule has 11 aromatic carbocycles. The molecule has 0 fully saturated rings. The van der Waals surface area contributed by atoms with E-state index in [0.717, 1.165) is 34.1 Å². The lowest BCUT2D eigenvalue weighted by Gasteiger charge is -2.45. The van der Waals surface area contributed by atoms with Gasteiger partial charge >= 0.3 is 0 Å². The van der Waals surface area contributed by atoms with Gasteiger partial charge in [0.15, 0.2) is 0 Å². The molecule has 0 saturated carbocycles. The summed E-state index contributed by atoms with van der Waals surface area (Å²) in [7, 11) is 0. The molecule has 0 saturated heterocycles. The summed E-state index contributed by atoms with van der Waals surface area (Å²) in [5.41, 5.74) is 23.5. The SMILES string of the molecule is CC(C)(C)c1cc2c3c(c1)N(c1ccccc1)c1ccc4c(c1B3c1ccc(N(c3ccccc3)c3ccccc3)cc1N2c1ccccc1)c1ccccc1n4-c1c(-c2ccccc2)cccc1-c1ccccc1. The van der Waals surface area contributed by atoms with Crippen LogP contribution in [0.4, 0.5) is 51.2 Å². The standard InChI is InChI=1S/C70H53BN4/c1-70(2,3)50-45-64-67-65(46-50)74(54-35-20-9-21-36-54)63-47-55(72(51-29-14-6-15-30-51)52-31-16-7-17-32-52)41-42-59(63)71(67)68-62(73(64)53-33-18-8-19-34-53)44-43-61-66(68)58-37-22-23-40-60(58)75(61)69-56(48-25-10-4-11-26-48)38-24-39-57(69)49-27-12-5-13-28-49/h4-47H,1-3H3. The van der Waals surface area contributed by atoms with Gasteiger partial charge in [0, 0.05) is 73.1 Å². The van der Waals surface area contributed by atoms with E-state index in [1.54, 1.807) is 0 Å². The minimum absolute atomic E-state index is 0.147. The number of anilines is 9. The van der Waals surface area contributed by atoms with Crippen molar-refractivity contribution in [2.75, 3.05) is 14.7 Å². The third kappa shape index (κ3) is 7.22. The van der Waals surface area contributed by atoms with Crippen molar-refractivity contribution < 1.29 is 0 Å². The molecule has 3 heterocycles. The molecule has 5 heteroatoms. The Balaban J connectivity index is 1.13. The Morgan fingerprint density at radius 3 is 1.41 bits per heavy atom. The third-order valence-electron chi connectivity index (χ3n) is 15.5. The number of aromatic nitrogens is 1. The fourth-order valence-electron chi connectivity index (χ4n) is 12.1. The zero-order valence-corrected chi connectivity index (χ0v) is 42.3. The van der Waals surface area contributed by atoms with Gasteiger partial charge in [-0.05, 0) is 129 Å². The monoisotopic (exact) mass is 960 g/mol. The van der Waals surface area contributed by atoms with Gasteiger partial charge in [0.2, 0.25) is 0 Å². The molecule has 0 atom stereocenters. The molecule has 2 aliphatic heterocycles. The number of hydrogen-bond acceptors (Lipinski definition) is 3. The summed E-state index contributed by atoms with van der Waals surface area (Å²) in [6, 6.07) is 98.3. The number of benzene rings is 11. The normalized spacial score (nSPS) is 12.7. The summed E-state index contributed by atoms with van der Waals surface area (Å²) < 4.78 is 2.57. The van der Waals surface area contributed by atoms with E-state index < -0.39 is 0 Å². The van der Waals surface area contributed by atoms with Crippen molar-refractivity contribution in [2.45, 2.75) is 26.2 Å². The molecule has 2 aliphatic rings. The highest BCUT2D eigenvalue weighted by Crippen LogP contribution is 2.50. The number of fused-ring (bicyclic) bond motifs is 8. The minimum atomic E-state index is -0.161. The van der Waals surface area contributed by atoms with Gasteiger partial charge in [-0.25, -0.2) is 0 Å². The summed E-state index contributed by atoms with van der Waals surface area (Å²) >= 11 is 0. The van der Waals surface area contributed by atoms with Gasteiger partial charge < -0.3 is 19.3 Å². The zero-order chi connectivity index (χ0) is 50.2. The Hall–Kier alpha value is -9.32. The van der Waals surface area contributed by atoms with E-state index >= 15 is 0 Å². The number of para-hydroxylation sites is 6. The van der Waals surface area contributed by atoms with Gasteiger partial charge in [-0.1, -0.05) is 197 Å². The van der Waals surface area contributed by atoms with Crippen LogP contribution in [-0.2, 0) is 5.41 Å². The smallest absolute Gasteiger partial charge is 0.253 e. The topological polar surface area (TPSA) is 14.7 Å². The van der Waals surface area contributed by atoms with Gasteiger partial charge in [0.05, 0.1) is 16.7 Å². The maximum Gasteiger partial charge on any atom is 0.253 e. The van der Waals surface area contributed by atoms with Gasteiger partial charge in [0.1, 0.15) is 0 Å². The lowest BCUT2D eigenvalue weighted by molar-refractivity contribution is 0.590. The van der Waals surface area contributed by atoms with Crippen LogP contribution in [0.25, 0.3) is 49.7 Å². The van der Waals surface area contributed by atoms with Crippen molar-refractivity contribution in [1.82, 2.24) is 4.57 Å². The van der Waals surface area contributed by atoms with E-state index in [2.05, 4.69) is 307 Å². The molecular formula is C70H53BN4. The van der Waals surface area contributed by atoms with Crippen molar-refractivity contribution >= 4 is 96.1 Å². The van der Waals surface area contributed by atoms with E-state index in [1.165, 1.54) is 88.8 Å². The highest BCUT2D eigenvalue weighted by Gasteiger charge is 2.46. The van der Waals surface area contributed by atoms with Crippen molar-refractivity contribution in [3.63, 3.8) is 0 Å². The second kappa shape index (κ2) is 17.7. The first-order valence-corrected chi connectivity index (χ1v) is 26.1. The Kier molecular flexibility index (Phi) is 10.5. The fourth-order valence-corrected chi connectivity index (χ4v) is 12.1. The first-order chi connectivity index (χ1) is 36.9. The second-order valence-electron chi connectivity index (χ2n) is 20.9. The van der Waals surface area contributed by atoms with Gasteiger partial charge in [-0.2, -0.15) is 0 Å². The molecule has 0 bridgehead atoms. The van der Waals surface area contributed by atoms with Crippen LogP contribution in [0.5, 0.6) is 0 Å². The molecule has 0 aliphatic carbocycles. The molecule has 356 valence electrons. The molecule has 4 nitrogen and oxygen atoms in total. The molecular weight excluding hydrogens is 908 g/mol. The van der Waals surface area contributed by atoms with Gasteiger partial charge in [-0.15, -0.1) is 0 Å².